The third kappa shape index (κ3) is 14.3. The molecule has 136 valence electrons. The summed E-state index contributed by atoms with van der Waals surface area (Å²) in [5.41, 5.74) is 0. The molecule has 0 radical (unpaired) electrons. The second-order valence-corrected chi connectivity index (χ2v) is 6.46. The molecule has 4 heteroatoms. The highest BCUT2D eigenvalue weighted by molar-refractivity contribution is 5.70. The topological polar surface area (TPSA) is 52.6 Å². The zero-order chi connectivity index (χ0) is 17.5. The molecular formula is C19H36O4. The van der Waals surface area contributed by atoms with Crippen LogP contribution in [0.25, 0.3) is 0 Å². The second kappa shape index (κ2) is 14.5. The van der Waals surface area contributed by atoms with Crippen LogP contribution in [0.3, 0.4) is 0 Å². The van der Waals surface area contributed by atoms with Crippen LogP contribution in [0.15, 0.2) is 0 Å². The number of esters is 2. The van der Waals surface area contributed by atoms with Crippen molar-refractivity contribution in [3.63, 3.8) is 0 Å². The van der Waals surface area contributed by atoms with Crippen LogP contribution in [-0.4, -0.2) is 24.1 Å². The predicted molar refractivity (Wildman–Crippen MR) is 93.2 cm³/mol. The molecule has 0 aromatic rings. The molecule has 2 atom stereocenters. The lowest BCUT2D eigenvalue weighted by Crippen LogP contribution is -2.23. The van der Waals surface area contributed by atoms with Crippen molar-refractivity contribution in [1.29, 1.82) is 0 Å². The van der Waals surface area contributed by atoms with E-state index < -0.39 is 0 Å². The van der Waals surface area contributed by atoms with Gasteiger partial charge in [0.2, 0.25) is 0 Å². The van der Waals surface area contributed by atoms with E-state index in [1.54, 1.807) is 0 Å². The molecule has 0 aliphatic carbocycles. The summed E-state index contributed by atoms with van der Waals surface area (Å²) in [5.74, 6) is -0.293. The maximum Gasteiger partial charge on any atom is 0.306 e. The summed E-state index contributed by atoms with van der Waals surface area (Å²) in [6.07, 6.45) is 9.67. The lowest BCUT2D eigenvalue weighted by atomic mass is 10.1. The van der Waals surface area contributed by atoms with Gasteiger partial charge in [0, 0.05) is 19.3 Å². The predicted octanol–water partition coefficient (Wildman–Crippen LogP) is 5.18. The molecule has 0 aliphatic heterocycles. The van der Waals surface area contributed by atoms with E-state index in [9.17, 15) is 9.59 Å². The molecule has 0 aromatic heterocycles. The van der Waals surface area contributed by atoms with Crippen molar-refractivity contribution in [3.05, 3.63) is 0 Å². The standard InChI is InChI=1S/C19H36O4/c1-5-7-9-11-13-18(20)22-16(3)15-17(4)23-19(21)14-12-10-8-6-2/h16-17H,5-15H2,1-4H3. The Morgan fingerprint density at radius 1 is 0.696 bits per heavy atom. The molecule has 0 saturated heterocycles. The molecule has 0 N–H and O–H groups in total. The Morgan fingerprint density at radius 2 is 1.09 bits per heavy atom. The van der Waals surface area contributed by atoms with Crippen molar-refractivity contribution in [2.75, 3.05) is 0 Å². The van der Waals surface area contributed by atoms with Crippen LogP contribution in [0.1, 0.15) is 98.3 Å². The number of carbonyl (C=O) groups is 2. The number of carbonyl (C=O) groups excluding carboxylic acids is 2. The van der Waals surface area contributed by atoms with Gasteiger partial charge in [-0.05, 0) is 26.7 Å². The number of hydrogen-bond donors (Lipinski definition) is 0. The van der Waals surface area contributed by atoms with Gasteiger partial charge in [0.25, 0.3) is 0 Å². The normalized spacial score (nSPS) is 13.4. The lowest BCUT2D eigenvalue weighted by molar-refractivity contribution is -0.154. The highest BCUT2D eigenvalue weighted by Gasteiger charge is 2.16. The van der Waals surface area contributed by atoms with E-state index in [2.05, 4.69) is 13.8 Å². The summed E-state index contributed by atoms with van der Waals surface area (Å²) < 4.78 is 10.7. The molecule has 0 bridgehead atoms. The minimum absolute atomic E-state index is 0.147. The first-order valence-electron chi connectivity index (χ1n) is 9.38. The molecule has 2 unspecified atom stereocenters. The van der Waals surface area contributed by atoms with Crippen molar-refractivity contribution in [2.45, 2.75) is 111 Å². The second-order valence-electron chi connectivity index (χ2n) is 6.46. The van der Waals surface area contributed by atoms with E-state index in [4.69, 9.17) is 9.47 Å². The Kier molecular flexibility index (Phi) is 13.9. The molecule has 23 heavy (non-hydrogen) atoms. The van der Waals surface area contributed by atoms with Crippen LogP contribution in [-0.2, 0) is 19.1 Å². The Hall–Kier alpha value is -1.06. The fourth-order valence-electron chi connectivity index (χ4n) is 2.52. The average Bonchev–Trinajstić information content (AvgIpc) is 2.47. The van der Waals surface area contributed by atoms with Crippen molar-refractivity contribution >= 4 is 11.9 Å². The molecule has 0 saturated carbocycles. The van der Waals surface area contributed by atoms with Crippen molar-refractivity contribution < 1.29 is 19.1 Å². The molecule has 4 nitrogen and oxygen atoms in total. The molecule has 0 aliphatic rings. The maximum atomic E-state index is 11.7. The summed E-state index contributed by atoms with van der Waals surface area (Å²) >= 11 is 0. The molecule has 0 heterocycles. The Bertz CT molecular complexity index is 284. The Labute approximate surface area is 142 Å². The monoisotopic (exact) mass is 328 g/mol. The quantitative estimate of drug-likeness (QED) is 0.325. The summed E-state index contributed by atoms with van der Waals surface area (Å²) in [5, 5.41) is 0. The van der Waals surface area contributed by atoms with Crippen LogP contribution in [0.2, 0.25) is 0 Å². The van der Waals surface area contributed by atoms with Crippen LogP contribution >= 0.6 is 0 Å². The van der Waals surface area contributed by atoms with Gasteiger partial charge in [-0.25, -0.2) is 0 Å². The number of hydrogen-bond acceptors (Lipinski definition) is 4. The first-order valence-corrected chi connectivity index (χ1v) is 9.38. The van der Waals surface area contributed by atoms with Gasteiger partial charge in [-0.3, -0.25) is 9.59 Å². The highest BCUT2D eigenvalue weighted by atomic mass is 16.6. The smallest absolute Gasteiger partial charge is 0.306 e. The number of unbranched alkanes of at least 4 members (excludes halogenated alkanes) is 6. The number of ether oxygens (including phenoxy) is 2. The van der Waals surface area contributed by atoms with Gasteiger partial charge in [0.15, 0.2) is 0 Å². The van der Waals surface area contributed by atoms with Gasteiger partial charge in [-0.2, -0.15) is 0 Å². The van der Waals surface area contributed by atoms with Crippen LogP contribution in [0, 0.1) is 0 Å². The van der Waals surface area contributed by atoms with E-state index in [1.807, 2.05) is 13.8 Å². The van der Waals surface area contributed by atoms with Crippen LogP contribution in [0.5, 0.6) is 0 Å². The fourth-order valence-corrected chi connectivity index (χ4v) is 2.52. The van der Waals surface area contributed by atoms with Crippen LogP contribution < -0.4 is 0 Å². The number of rotatable bonds is 14. The van der Waals surface area contributed by atoms with E-state index in [1.165, 1.54) is 0 Å². The highest BCUT2D eigenvalue weighted by Crippen LogP contribution is 2.11. The average molecular weight is 328 g/mol. The summed E-state index contributed by atoms with van der Waals surface area (Å²) in [7, 11) is 0. The molecule has 0 spiro atoms. The van der Waals surface area contributed by atoms with Crippen LogP contribution in [0.4, 0.5) is 0 Å². The van der Waals surface area contributed by atoms with E-state index >= 15 is 0 Å². The third-order valence-corrected chi connectivity index (χ3v) is 3.80. The summed E-state index contributed by atoms with van der Waals surface area (Å²) in [6.45, 7) is 8.00. The zero-order valence-corrected chi connectivity index (χ0v) is 15.6. The van der Waals surface area contributed by atoms with Crippen molar-refractivity contribution in [2.24, 2.45) is 0 Å². The lowest BCUT2D eigenvalue weighted by Gasteiger charge is -2.18. The van der Waals surface area contributed by atoms with Gasteiger partial charge < -0.3 is 9.47 Å². The minimum Gasteiger partial charge on any atom is -0.463 e. The third-order valence-electron chi connectivity index (χ3n) is 3.80. The molecule has 0 rings (SSSR count). The van der Waals surface area contributed by atoms with Gasteiger partial charge in [0.1, 0.15) is 12.2 Å². The summed E-state index contributed by atoms with van der Waals surface area (Å²) in [6, 6.07) is 0. The first kappa shape index (κ1) is 21.9. The molecule has 0 amide bonds. The Balaban J connectivity index is 3.76. The largest absolute Gasteiger partial charge is 0.463 e. The van der Waals surface area contributed by atoms with Gasteiger partial charge in [0.05, 0.1) is 0 Å². The van der Waals surface area contributed by atoms with Crippen molar-refractivity contribution in [3.8, 4) is 0 Å². The molecule has 0 aromatic carbocycles. The van der Waals surface area contributed by atoms with E-state index in [0.29, 0.717) is 19.3 Å². The maximum absolute atomic E-state index is 11.7. The first-order chi connectivity index (χ1) is 11.0. The minimum atomic E-state index is -0.212. The molecule has 0 fully saturated rings. The SMILES string of the molecule is CCCCCCC(=O)OC(C)CC(C)OC(=O)CCCCCC. The van der Waals surface area contributed by atoms with Gasteiger partial charge >= 0.3 is 11.9 Å². The van der Waals surface area contributed by atoms with Gasteiger partial charge in [-0.15, -0.1) is 0 Å². The van der Waals surface area contributed by atoms with Gasteiger partial charge in [-0.1, -0.05) is 52.4 Å². The zero-order valence-electron chi connectivity index (χ0n) is 15.6. The Morgan fingerprint density at radius 3 is 1.43 bits per heavy atom. The summed E-state index contributed by atoms with van der Waals surface area (Å²) in [4.78, 5) is 23.4. The van der Waals surface area contributed by atoms with E-state index in [0.717, 1.165) is 51.4 Å². The van der Waals surface area contributed by atoms with E-state index in [-0.39, 0.29) is 24.1 Å². The fraction of sp³-hybridized carbons (Fsp3) is 0.895. The molecular weight excluding hydrogens is 292 g/mol. The van der Waals surface area contributed by atoms with Crippen molar-refractivity contribution in [1.82, 2.24) is 0 Å².